The second kappa shape index (κ2) is 11.7. The number of anilines is 2. The average molecular weight is 691 g/mol. The van der Waals surface area contributed by atoms with Crippen LogP contribution >= 0.6 is 6.72 Å². The Morgan fingerprint density at radius 3 is 2.54 bits per heavy atom. The van der Waals surface area contributed by atoms with Gasteiger partial charge in [-0.1, -0.05) is 0 Å². The first-order chi connectivity index (χ1) is 21.7. The summed E-state index contributed by atoms with van der Waals surface area (Å²) >= 11 is 5.13. The van der Waals surface area contributed by atoms with E-state index in [-0.39, 0.29) is 34.1 Å². The minimum atomic E-state index is -4.59. The molecule has 4 aromatic heterocycles. The van der Waals surface area contributed by atoms with E-state index in [2.05, 4.69) is 29.9 Å². The summed E-state index contributed by atoms with van der Waals surface area (Å²) < 4.78 is 61.9. The van der Waals surface area contributed by atoms with E-state index >= 15 is 8.78 Å². The number of aromatic nitrogens is 8. The van der Waals surface area contributed by atoms with Gasteiger partial charge in [0.2, 0.25) is 5.95 Å². The fraction of sp³-hybridized carbons (Fsp3) is 0.565. The van der Waals surface area contributed by atoms with Gasteiger partial charge in [-0.2, -0.15) is 4.98 Å². The molecule has 46 heavy (non-hydrogen) atoms. The second-order valence-corrected chi connectivity index (χ2v) is 13.6. The van der Waals surface area contributed by atoms with Crippen LogP contribution in [0.5, 0.6) is 0 Å². The minimum absolute atomic E-state index is 0.113. The van der Waals surface area contributed by atoms with Gasteiger partial charge in [0.15, 0.2) is 41.2 Å². The number of nitrogens with two attached hydrogens (primary N) is 2. The van der Waals surface area contributed by atoms with Gasteiger partial charge in [-0.05, 0) is 18.7 Å². The number of hydrogen-bond donors (Lipinski definition) is 6. The number of rotatable bonds is 10. The number of fused-ring (bicyclic) bond motifs is 2. The predicted octanol–water partition coefficient (Wildman–Crippen LogP) is -0.679. The molecule has 2 fully saturated rings. The van der Waals surface area contributed by atoms with Crippen molar-refractivity contribution in [2.45, 2.75) is 61.7 Å². The summed E-state index contributed by atoms with van der Waals surface area (Å²) in [4.78, 5) is 45.7. The first-order valence-corrected chi connectivity index (χ1v) is 16.1. The summed E-state index contributed by atoms with van der Waals surface area (Å²) in [5.41, 5.74) is 9.28. The largest absolute Gasteiger partial charge is 0.396 e. The number of methoxy groups -OCH3 is 1. The molecule has 8 N–H and O–H groups in total. The number of aromatic amines is 1. The molecule has 250 valence electrons. The van der Waals surface area contributed by atoms with E-state index in [9.17, 15) is 19.9 Å². The zero-order valence-electron chi connectivity index (χ0n) is 24.0. The van der Waals surface area contributed by atoms with Crippen molar-refractivity contribution in [3.8, 4) is 0 Å². The molecule has 2 unspecified atom stereocenters. The molecule has 2 aliphatic heterocycles. The summed E-state index contributed by atoms with van der Waals surface area (Å²) in [5.74, 6) is -4.06. The fourth-order valence-corrected chi connectivity index (χ4v) is 6.93. The molecule has 6 heterocycles. The maximum absolute atomic E-state index is 15.7. The Morgan fingerprint density at radius 2 is 1.85 bits per heavy atom. The van der Waals surface area contributed by atoms with Gasteiger partial charge in [-0.15, -0.1) is 0 Å². The molecule has 6 rings (SSSR count). The molecule has 0 bridgehead atoms. The molecule has 0 spiro atoms. The van der Waals surface area contributed by atoms with Gasteiger partial charge in [0.25, 0.3) is 5.56 Å². The molecule has 8 atom stereocenters. The van der Waals surface area contributed by atoms with Gasteiger partial charge >= 0.3 is 12.6 Å². The molecule has 0 amide bonds. The van der Waals surface area contributed by atoms with Crippen LogP contribution in [0.4, 0.5) is 20.5 Å². The van der Waals surface area contributed by atoms with Crippen LogP contribution in [0.25, 0.3) is 22.3 Å². The third-order valence-corrected chi connectivity index (χ3v) is 9.31. The number of aliphatic hydroxyl groups excluding tert-OH is 2. The normalized spacial score (nSPS) is 30.8. The Kier molecular flexibility index (Phi) is 8.32. The standard InChI is InChI=1S/C23H29F2N10O9PS/c1-22(13(37)12(40-2)19(43-22)34-7-30-10-15(26)28-6-29-16(10)34)5-41-45(39,46)44-14-20(42-9(3-4-36)23(14,24)25)35-8-31-11-17(35)32-21(27)33-18(11)38/h6-9,12-14,19-20,36-37H,3-5H2,1-2H3,(H,39,46)(H2,26,28,29)(H3,27,32,33,38)/t9-,12-,13+,14+,19-,20-,22?,45?/m1/s1. The molecule has 19 nitrogen and oxygen atoms in total. The van der Waals surface area contributed by atoms with Gasteiger partial charge < -0.3 is 45.3 Å². The van der Waals surface area contributed by atoms with Crippen molar-refractivity contribution < 1.29 is 47.1 Å². The maximum Gasteiger partial charge on any atom is 0.325 e. The van der Waals surface area contributed by atoms with Crippen LogP contribution in [0.1, 0.15) is 25.8 Å². The van der Waals surface area contributed by atoms with Crippen molar-refractivity contribution in [2.75, 3.05) is 31.8 Å². The van der Waals surface area contributed by atoms with Crippen LogP contribution in [0.15, 0.2) is 23.8 Å². The number of hydrogen-bond acceptors (Lipinski definition) is 16. The lowest BCUT2D eigenvalue weighted by atomic mass is 9.98. The van der Waals surface area contributed by atoms with Gasteiger partial charge in [0.05, 0.1) is 19.3 Å². The highest BCUT2D eigenvalue weighted by Gasteiger charge is 2.62. The molecule has 4 aromatic rings. The molecule has 0 radical (unpaired) electrons. The summed E-state index contributed by atoms with van der Waals surface area (Å²) in [7, 11) is 1.33. The predicted molar refractivity (Wildman–Crippen MR) is 156 cm³/mol. The van der Waals surface area contributed by atoms with Crippen LogP contribution in [-0.2, 0) is 35.1 Å². The number of nitrogens with zero attached hydrogens (tertiary/aromatic N) is 7. The first-order valence-electron chi connectivity index (χ1n) is 13.5. The molecule has 2 aliphatic rings. The van der Waals surface area contributed by atoms with E-state index in [0.29, 0.717) is 0 Å². The molecule has 2 saturated heterocycles. The number of halogens is 2. The third kappa shape index (κ3) is 5.43. The smallest absolute Gasteiger partial charge is 0.325 e. The van der Waals surface area contributed by atoms with Crippen LogP contribution in [-0.4, -0.2) is 110 Å². The number of nitrogens with one attached hydrogen (secondary N) is 1. The number of imidazole rings is 2. The molecule has 0 saturated carbocycles. The first kappa shape index (κ1) is 32.6. The van der Waals surface area contributed by atoms with Crippen molar-refractivity contribution >= 4 is 52.6 Å². The van der Waals surface area contributed by atoms with Crippen molar-refractivity contribution in [3.05, 3.63) is 29.3 Å². The van der Waals surface area contributed by atoms with E-state index in [1.807, 2.05) is 0 Å². The Morgan fingerprint density at radius 1 is 1.15 bits per heavy atom. The van der Waals surface area contributed by atoms with Crippen LogP contribution in [0, 0.1) is 0 Å². The van der Waals surface area contributed by atoms with E-state index < -0.39 is 80.3 Å². The Hall–Kier alpha value is -3.31. The third-order valence-electron chi connectivity index (χ3n) is 7.79. The van der Waals surface area contributed by atoms with Crippen molar-refractivity contribution in [2.24, 2.45) is 0 Å². The topological polar surface area (TPSA) is 266 Å². The molecular formula is C23H29F2N10O9PS. The lowest BCUT2D eigenvalue weighted by molar-refractivity contribution is -0.123. The van der Waals surface area contributed by atoms with Crippen molar-refractivity contribution in [1.29, 1.82) is 0 Å². The van der Waals surface area contributed by atoms with E-state index in [0.717, 1.165) is 10.9 Å². The second-order valence-electron chi connectivity index (χ2n) is 10.8. The Bertz CT molecular complexity index is 1880. The lowest BCUT2D eigenvalue weighted by Crippen LogP contribution is -2.45. The van der Waals surface area contributed by atoms with Crippen molar-refractivity contribution in [3.63, 3.8) is 0 Å². The van der Waals surface area contributed by atoms with Gasteiger partial charge in [-0.3, -0.25) is 23.4 Å². The van der Waals surface area contributed by atoms with E-state index in [1.54, 1.807) is 0 Å². The Balaban J connectivity index is 1.25. The summed E-state index contributed by atoms with van der Waals surface area (Å²) in [5, 5.41) is 20.6. The van der Waals surface area contributed by atoms with Gasteiger partial charge in [0.1, 0.15) is 35.8 Å². The number of aliphatic hydroxyl groups is 2. The Labute approximate surface area is 261 Å². The average Bonchev–Trinajstić information content (AvgIpc) is 3.72. The number of nitrogen functional groups attached to an aromatic ring is 2. The van der Waals surface area contributed by atoms with E-state index in [1.165, 1.54) is 31.3 Å². The van der Waals surface area contributed by atoms with Gasteiger partial charge in [0, 0.05) is 20.1 Å². The monoisotopic (exact) mass is 690 g/mol. The van der Waals surface area contributed by atoms with Gasteiger partial charge in [-0.25, -0.2) is 28.7 Å². The fourth-order valence-electron chi connectivity index (χ4n) is 5.48. The van der Waals surface area contributed by atoms with Crippen LogP contribution in [0.3, 0.4) is 0 Å². The molecular weight excluding hydrogens is 661 g/mol. The zero-order valence-corrected chi connectivity index (χ0v) is 25.7. The minimum Gasteiger partial charge on any atom is -0.396 e. The van der Waals surface area contributed by atoms with Crippen LogP contribution in [0.2, 0.25) is 0 Å². The van der Waals surface area contributed by atoms with Crippen molar-refractivity contribution in [1.82, 2.24) is 39.0 Å². The highest BCUT2D eigenvalue weighted by atomic mass is 32.5. The molecule has 0 aromatic carbocycles. The van der Waals surface area contributed by atoms with E-state index in [4.69, 9.17) is 46.5 Å². The lowest BCUT2D eigenvalue weighted by Gasteiger charge is -2.31. The summed E-state index contributed by atoms with van der Waals surface area (Å²) in [6.45, 7) is -4.47. The molecule has 23 heteroatoms. The quantitative estimate of drug-likeness (QED) is 0.113. The summed E-state index contributed by atoms with van der Waals surface area (Å²) in [6.07, 6.45) is -6.33. The highest BCUT2D eigenvalue weighted by molar-refractivity contribution is 8.07. The summed E-state index contributed by atoms with van der Waals surface area (Å²) in [6, 6.07) is 0. The zero-order chi connectivity index (χ0) is 33.2. The van der Waals surface area contributed by atoms with Crippen LogP contribution < -0.4 is 17.0 Å². The highest BCUT2D eigenvalue weighted by Crippen LogP contribution is 2.55. The number of ether oxygens (including phenoxy) is 3. The maximum atomic E-state index is 15.7. The molecule has 0 aliphatic carbocycles. The number of alkyl halides is 2. The number of H-pyrrole nitrogens is 1. The SMILES string of the molecule is CO[C@H]1[C@H](n2cnc3c(N)ncnc32)OC(C)(COP(O)(=S)O[C@H]2[C@H](n3cnc4c(=O)[nH]c(N)nc43)O[C@H](CCO)C2(F)F)[C@H]1O.